The van der Waals surface area contributed by atoms with Crippen LogP contribution in [-0.2, 0) is 11.2 Å². The second-order valence-corrected chi connectivity index (χ2v) is 5.30. The predicted octanol–water partition coefficient (Wildman–Crippen LogP) is 1.43. The van der Waals surface area contributed by atoms with Gasteiger partial charge in [-0.05, 0) is 30.0 Å². The van der Waals surface area contributed by atoms with Crippen LogP contribution in [0, 0.1) is 5.92 Å². The van der Waals surface area contributed by atoms with E-state index in [4.69, 9.17) is 10.5 Å². The molecule has 4 nitrogen and oxygen atoms in total. The van der Waals surface area contributed by atoms with E-state index in [-0.39, 0.29) is 11.9 Å². The summed E-state index contributed by atoms with van der Waals surface area (Å²) in [6.07, 6.45) is 1.32. The molecule has 2 rings (SSSR count). The Hall–Kier alpha value is -1.55. The molecule has 1 saturated heterocycles. The molecule has 4 heteroatoms. The Balaban J connectivity index is 1.97. The van der Waals surface area contributed by atoms with Crippen LogP contribution >= 0.6 is 0 Å². The molecule has 2 unspecified atom stereocenters. The van der Waals surface area contributed by atoms with Crippen molar-refractivity contribution in [1.29, 1.82) is 0 Å². The average molecular weight is 262 g/mol. The minimum Gasteiger partial charge on any atom is -0.497 e. The van der Waals surface area contributed by atoms with Crippen molar-refractivity contribution in [2.45, 2.75) is 25.8 Å². The molecule has 0 aliphatic carbocycles. The first kappa shape index (κ1) is 13.9. The van der Waals surface area contributed by atoms with Crippen LogP contribution in [0.1, 0.15) is 18.9 Å². The van der Waals surface area contributed by atoms with Crippen LogP contribution in [0.4, 0.5) is 0 Å². The number of likely N-dealkylation sites (tertiary alicyclic amines) is 1. The molecule has 1 fully saturated rings. The molecule has 19 heavy (non-hydrogen) atoms. The third-order valence-corrected chi connectivity index (χ3v) is 3.81. The van der Waals surface area contributed by atoms with Crippen LogP contribution in [0.2, 0.25) is 0 Å². The van der Waals surface area contributed by atoms with Gasteiger partial charge < -0.3 is 15.4 Å². The summed E-state index contributed by atoms with van der Waals surface area (Å²) in [5, 5.41) is 0. The van der Waals surface area contributed by atoms with Gasteiger partial charge in [-0.15, -0.1) is 0 Å². The lowest BCUT2D eigenvalue weighted by molar-refractivity contribution is -0.132. The average Bonchev–Trinajstić information content (AvgIpc) is 2.42. The Morgan fingerprint density at radius 2 is 2.32 bits per heavy atom. The Kier molecular flexibility index (Phi) is 4.43. The number of carbonyl (C=O) groups is 1. The van der Waals surface area contributed by atoms with E-state index in [1.165, 1.54) is 0 Å². The van der Waals surface area contributed by atoms with Crippen LogP contribution in [0.5, 0.6) is 5.75 Å². The zero-order valence-corrected chi connectivity index (χ0v) is 11.6. The molecule has 1 heterocycles. The second-order valence-electron chi connectivity index (χ2n) is 5.30. The standard InChI is InChI=1S/C15H22N2O2/c1-11-10-17(7-6-14(11)16)15(18)9-12-4-3-5-13(8-12)19-2/h3-5,8,11,14H,6-7,9-10,16H2,1-2H3. The van der Waals surface area contributed by atoms with Crippen LogP contribution in [-0.4, -0.2) is 37.0 Å². The van der Waals surface area contributed by atoms with E-state index < -0.39 is 0 Å². The van der Waals surface area contributed by atoms with Gasteiger partial charge in [-0.1, -0.05) is 19.1 Å². The van der Waals surface area contributed by atoms with Gasteiger partial charge in [0, 0.05) is 19.1 Å². The lowest BCUT2D eigenvalue weighted by atomic mass is 9.94. The number of amides is 1. The molecule has 0 bridgehead atoms. The van der Waals surface area contributed by atoms with E-state index >= 15 is 0 Å². The van der Waals surface area contributed by atoms with Gasteiger partial charge in [-0.2, -0.15) is 0 Å². The number of nitrogens with two attached hydrogens (primary N) is 1. The van der Waals surface area contributed by atoms with Gasteiger partial charge in [0.05, 0.1) is 13.5 Å². The largest absolute Gasteiger partial charge is 0.497 e. The first-order valence-electron chi connectivity index (χ1n) is 6.76. The van der Waals surface area contributed by atoms with Crippen molar-refractivity contribution in [2.75, 3.05) is 20.2 Å². The van der Waals surface area contributed by atoms with Crippen molar-refractivity contribution in [3.8, 4) is 5.75 Å². The molecular weight excluding hydrogens is 240 g/mol. The molecule has 1 aliphatic rings. The first-order chi connectivity index (χ1) is 9.10. The number of nitrogens with zero attached hydrogens (tertiary/aromatic N) is 1. The maximum absolute atomic E-state index is 12.3. The predicted molar refractivity (Wildman–Crippen MR) is 75.0 cm³/mol. The number of hydrogen-bond acceptors (Lipinski definition) is 3. The monoisotopic (exact) mass is 262 g/mol. The molecule has 0 spiro atoms. The van der Waals surface area contributed by atoms with E-state index in [0.29, 0.717) is 12.3 Å². The van der Waals surface area contributed by atoms with Gasteiger partial charge in [-0.3, -0.25) is 4.79 Å². The Morgan fingerprint density at radius 3 is 3.00 bits per heavy atom. The van der Waals surface area contributed by atoms with Crippen molar-refractivity contribution in [3.63, 3.8) is 0 Å². The summed E-state index contributed by atoms with van der Waals surface area (Å²) >= 11 is 0. The summed E-state index contributed by atoms with van der Waals surface area (Å²) < 4.78 is 5.17. The van der Waals surface area contributed by atoms with Crippen molar-refractivity contribution in [1.82, 2.24) is 4.90 Å². The van der Waals surface area contributed by atoms with Crippen LogP contribution in [0.15, 0.2) is 24.3 Å². The van der Waals surface area contributed by atoms with Crippen LogP contribution in [0.3, 0.4) is 0 Å². The number of benzene rings is 1. The van der Waals surface area contributed by atoms with Gasteiger partial charge >= 0.3 is 0 Å². The molecule has 1 amide bonds. The fourth-order valence-corrected chi connectivity index (χ4v) is 2.46. The van der Waals surface area contributed by atoms with Gasteiger partial charge in [0.25, 0.3) is 0 Å². The SMILES string of the molecule is COc1cccc(CC(=O)N2CCC(N)C(C)C2)c1. The smallest absolute Gasteiger partial charge is 0.227 e. The number of rotatable bonds is 3. The van der Waals surface area contributed by atoms with E-state index in [9.17, 15) is 4.79 Å². The highest BCUT2D eigenvalue weighted by atomic mass is 16.5. The Bertz CT molecular complexity index is 448. The highest BCUT2D eigenvalue weighted by Crippen LogP contribution is 2.18. The summed E-state index contributed by atoms with van der Waals surface area (Å²) in [5.74, 6) is 1.34. The minimum absolute atomic E-state index is 0.173. The molecule has 0 radical (unpaired) electrons. The molecule has 0 saturated carbocycles. The number of hydrogen-bond donors (Lipinski definition) is 1. The summed E-state index contributed by atoms with van der Waals surface area (Å²) in [7, 11) is 1.63. The quantitative estimate of drug-likeness (QED) is 0.896. The van der Waals surface area contributed by atoms with Crippen molar-refractivity contribution < 1.29 is 9.53 Å². The molecule has 1 aromatic carbocycles. The number of carbonyl (C=O) groups excluding carboxylic acids is 1. The number of piperidine rings is 1. The van der Waals surface area contributed by atoms with Crippen molar-refractivity contribution >= 4 is 5.91 Å². The van der Waals surface area contributed by atoms with Crippen LogP contribution < -0.4 is 10.5 Å². The van der Waals surface area contributed by atoms with Gasteiger partial charge in [-0.25, -0.2) is 0 Å². The molecule has 0 aromatic heterocycles. The summed E-state index contributed by atoms with van der Waals surface area (Å²) in [6, 6.07) is 7.89. The fourth-order valence-electron chi connectivity index (χ4n) is 2.46. The Morgan fingerprint density at radius 1 is 1.53 bits per heavy atom. The second kappa shape index (κ2) is 6.06. The number of ether oxygens (including phenoxy) is 1. The van der Waals surface area contributed by atoms with Gasteiger partial charge in [0.15, 0.2) is 0 Å². The summed E-state index contributed by atoms with van der Waals surface area (Å²) in [6.45, 7) is 3.65. The maximum Gasteiger partial charge on any atom is 0.227 e. The normalized spacial score (nSPS) is 23.2. The zero-order chi connectivity index (χ0) is 13.8. The molecule has 2 N–H and O–H groups in total. The van der Waals surface area contributed by atoms with Crippen LogP contribution in [0.25, 0.3) is 0 Å². The molecular formula is C15H22N2O2. The highest BCUT2D eigenvalue weighted by Gasteiger charge is 2.26. The van der Waals surface area contributed by atoms with Crippen molar-refractivity contribution in [3.05, 3.63) is 29.8 Å². The van der Waals surface area contributed by atoms with E-state index in [1.54, 1.807) is 7.11 Å². The molecule has 104 valence electrons. The van der Waals surface area contributed by atoms with Gasteiger partial charge in [0.2, 0.25) is 5.91 Å². The number of methoxy groups -OCH3 is 1. The molecule has 1 aliphatic heterocycles. The minimum atomic E-state index is 0.173. The first-order valence-corrected chi connectivity index (χ1v) is 6.76. The zero-order valence-electron chi connectivity index (χ0n) is 11.6. The molecule has 2 atom stereocenters. The van der Waals surface area contributed by atoms with E-state index in [2.05, 4.69) is 6.92 Å². The maximum atomic E-state index is 12.3. The van der Waals surface area contributed by atoms with E-state index in [1.807, 2.05) is 29.2 Å². The van der Waals surface area contributed by atoms with E-state index in [0.717, 1.165) is 30.8 Å². The summed E-state index contributed by atoms with van der Waals surface area (Å²) in [4.78, 5) is 14.2. The third-order valence-electron chi connectivity index (χ3n) is 3.81. The topological polar surface area (TPSA) is 55.6 Å². The van der Waals surface area contributed by atoms with Gasteiger partial charge in [0.1, 0.15) is 5.75 Å². The summed E-state index contributed by atoms with van der Waals surface area (Å²) in [5.41, 5.74) is 6.97. The fraction of sp³-hybridized carbons (Fsp3) is 0.533. The lowest BCUT2D eigenvalue weighted by Crippen LogP contribution is -2.48. The Labute approximate surface area is 114 Å². The molecule has 1 aromatic rings. The third kappa shape index (κ3) is 3.47. The highest BCUT2D eigenvalue weighted by molar-refractivity contribution is 5.79. The van der Waals surface area contributed by atoms with Crippen molar-refractivity contribution in [2.24, 2.45) is 11.7 Å². The lowest BCUT2D eigenvalue weighted by Gasteiger charge is -2.35.